The van der Waals surface area contributed by atoms with Gasteiger partial charge < -0.3 is 15.1 Å². The molecular formula is C16H12N4O3. The van der Waals surface area contributed by atoms with Crippen molar-refractivity contribution in [2.24, 2.45) is 0 Å². The maximum Gasteiger partial charge on any atom is 0.272 e. The average Bonchev–Trinajstić information content (AvgIpc) is 2.55. The summed E-state index contributed by atoms with van der Waals surface area (Å²) >= 11 is 0. The third kappa shape index (κ3) is 3.41. The molecule has 0 aromatic carbocycles. The van der Waals surface area contributed by atoms with Crippen LogP contribution in [-0.4, -0.2) is 25.0 Å². The smallest absolute Gasteiger partial charge is 0.272 e. The Hall–Kier alpha value is -3.48. The molecule has 3 N–H and O–H groups in total. The molecule has 0 aliphatic heterocycles. The number of aromatic amines is 2. The van der Waals surface area contributed by atoms with Crippen LogP contribution in [0.4, 0.5) is 0 Å². The summed E-state index contributed by atoms with van der Waals surface area (Å²) in [7, 11) is 0. The Kier molecular flexibility index (Phi) is 3.84. The minimum atomic E-state index is -0.449. The van der Waals surface area contributed by atoms with Gasteiger partial charge in [-0.2, -0.15) is 0 Å². The SMILES string of the molecule is O=c1[nH]c(=Cc2ccc(O)cn2)c(=O)[nH]c1=Cc1cccnc1. The number of H-pyrrole nitrogens is 2. The molecule has 0 fully saturated rings. The Bertz CT molecular complexity index is 1050. The van der Waals surface area contributed by atoms with Gasteiger partial charge in [-0.3, -0.25) is 19.6 Å². The highest BCUT2D eigenvalue weighted by Crippen LogP contribution is 2.05. The predicted molar refractivity (Wildman–Crippen MR) is 84.2 cm³/mol. The first-order chi connectivity index (χ1) is 11.1. The summed E-state index contributed by atoms with van der Waals surface area (Å²) < 4.78 is 0. The van der Waals surface area contributed by atoms with Gasteiger partial charge in [-0.25, -0.2) is 0 Å². The fourth-order valence-corrected chi connectivity index (χ4v) is 1.95. The van der Waals surface area contributed by atoms with Crippen molar-refractivity contribution >= 4 is 12.2 Å². The second-order valence-electron chi connectivity index (χ2n) is 4.75. The summed E-state index contributed by atoms with van der Waals surface area (Å²) in [6.45, 7) is 0. The van der Waals surface area contributed by atoms with E-state index in [1.54, 1.807) is 24.5 Å². The molecule has 0 saturated carbocycles. The van der Waals surface area contributed by atoms with Crippen molar-refractivity contribution in [2.75, 3.05) is 0 Å². The lowest BCUT2D eigenvalue weighted by Crippen LogP contribution is -2.46. The second kappa shape index (κ2) is 6.10. The summed E-state index contributed by atoms with van der Waals surface area (Å²) in [6, 6.07) is 6.47. The summed E-state index contributed by atoms with van der Waals surface area (Å²) in [5.41, 5.74) is 0.256. The Morgan fingerprint density at radius 2 is 1.70 bits per heavy atom. The molecule has 7 nitrogen and oxygen atoms in total. The van der Waals surface area contributed by atoms with E-state index in [4.69, 9.17) is 0 Å². The number of aromatic nitrogens is 4. The largest absolute Gasteiger partial charge is 0.506 e. The average molecular weight is 308 g/mol. The highest BCUT2D eigenvalue weighted by molar-refractivity contribution is 5.46. The molecule has 0 saturated heterocycles. The zero-order chi connectivity index (χ0) is 16.2. The van der Waals surface area contributed by atoms with Crippen LogP contribution in [0.3, 0.4) is 0 Å². The molecule has 3 aromatic heterocycles. The van der Waals surface area contributed by atoms with Crippen LogP contribution in [0.15, 0.2) is 52.4 Å². The molecule has 7 heteroatoms. The van der Waals surface area contributed by atoms with E-state index in [-0.39, 0.29) is 16.4 Å². The van der Waals surface area contributed by atoms with Crippen molar-refractivity contribution in [1.29, 1.82) is 0 Å². The topological polar surface area (TPSA) is 112 Å². The van der Waals surface area contributed by atoms with E-state index in [9.17, 15) is 14.7 Å². The highest BCUT2D eigenvalue weighted by Gasteiger charge is 1.98. The monoisotopic (exact) mass is 308 g/mol. The standard InChI is InChI=1S/C16H12N4O3/c21-12-4-3-11(18-9-12)7-14-16(23)19-13(15(22)20-14)6-10-2-1-5-17-8-10/h1-9,21H,(H,19,23)(H,20,22). The molecule has 3 rings (SSSR count). The zero-order valence-electron chi connectivity index (χ0n) is 11.9. The first kappa shape index (κ1) is 14.5. The molecule has 0 atom stereocenters. The Labute approximate surface area is 129 Å². The van der Waals surface area contributed by atoms with E-state index in [1.807, 2.05) is 0 Å². The van der Waals surface area contributed by atoms with E-state index >= 15 is 0 Å². The Balaban J connectivity index is 2.12. The van der Waals surface area contributed by atoms with Crippen LogP contribution >= 0.6 is 0 Å². The molecule has 3 heterocycles. The van der Waals surface area contributed by atoms with Crippen LogP contribution in [0.2, 0.25) is 0 Å². The van der Waals surface area contributed by atoms with Gasteiger partial charge in [0, 0.05) is 12.4 Å². The number of nitrogens with zero attached hydrogens (tertiary/aromatic N) is 2. The fraction of sp³-hybridized carbons (Fsp3) is 0. The molecule has 23 heavy (non-hydrogen) atoms. The molecule has 0 aliphatic carbocycles. The lowest BCUT2D eigenvalue weighted by molar-refractivity contribution is 0.472. The lowest BCUT2D eigenvalue weighted by Gasteiger charge is -1.94. The quantitative estimate of drug-likeness (QED) is 0.575. The Morgan fingerprint density at radius 1 is 0.957 bits per heavy atom. The van der Waals surface area contributed by atoms with E-state index < -0.39 is 11.1 Å². The summed E-state index contributed by atoms with van der Waals surface area (Å²) in [5.74, 6) is 0.0194. The number of aromatic hydroxyl groups is 1. The van der Waals surface area contributed by atoms with E-state index in [1.165, 1.54) is 30.5 Å². The molecular weight excluding hydrogens is 296 g/mol. The highest BCUT2D eigenvalue weighted by atomic mass is 16.3. The minimum Gasteiger partial charge on any atom is -0.506 e. The zero-order valence-corrected chi connectivity index (χ0v) is 11.9. The van der Waals surface area contributed by atoms with Crippen LogP contribution in [0.25, 0.3) is 12.2 Å². The van der Waals surface area contributed by atoms with Crippen molar-refractivity contribution in [3.8, 4) is 5.75 Å². The number of rotatable bonds is 2. The first-order valence-electron chi connectivity index (χ1n) is 6.73. The van der Waals surface area contributed by atoms with Crippen LogP contribution in [0, 0.1) is 0 Å². The van der Waals surface area contributed by atoms with Crippen LogP contribution in [0.1, 0.15) is 11.3 Å². The summed E-state index contributed by atoms with van der Waals surface area (Å²) in [6.07, 6.45) is 7.41. The molecule has 0 aliphatic rings. The molecule has 0 unspecified atom stereocenters. The van der Waals surface area contributed by atoms with Gasteiger partial charge in [-0.1, -0.05) is 6.07 Å². The van der Waals surface area contributed by atoms with Gasteiger partial charge in [0.15, 0.2) is 0 Å². The normalized spacial score (nSPS) is 12.5. The summed E-state index contributed by atoms with van der Waals surface area (Å²) in [5, 5.41) is 9.40. The molecule has 0 spiro atoms. The summed E-state index contributed by atoms with van der Waals surface area (Å²) in [4.78, 5) is 37.1. The molecule has 3 aromatic rings. The lowest BCUT2D eigenvalue weighted by atomic mass is 10.2. The van der Waals surface area contributed by atoms with Gasteiger partial charge in [0.1, 0.15) is 16.4 Å². The maximum absolute atomic E-state index is 12.1. The van der Waals surface area contributed by atoms with Crippen molar-refractivity contribution in [3.05, 3.63) is 85.5 Å². The number of hydrogen-bond donors (Lipinski definition) is 3. The first-order valence-corrected chi connectivity index (χ1v) is 6.73. The molecule has 0 radical (unpaired) electrons. The number of nitrogens with one attached hydrogen (secondary N) is 2. The van der Waals surface area contributed by atoms with E-state index in [0.29, 0.717) is 11.3 Å². The number of hydrogen-bond acceptors (Lipinski definition) is 5. The van der Waals surface area contributed by atoms with Crippen LogP contribution in [0.5, 0.6) is 5.75 Å². The minimum absolute atomic E-state index is 0.0194. The van der Waals surface area contributed by atoms with Crippen molar-refractivity contribution < 1.29 is 5.11 Å². The van der Waals surface area contributed by atoms with Crippen LogP contribution < -0.4 is 21.8 Å². The Morgan fingerprint density at radius 3 is 2.30 bits per heavy atom. The van der Waals surface area contributed by atoms with Crippen LogP contribution in [-0.2, 0) is 0 Å². The van der Waals surface area contributed by atoms with Gasteiger partial charge >= 0.3 is 0 Å². The van der Waals surface area contributed by atoms with Crippen molar-refractivity contribution in [2.45, 2.75) is 0 Å². The van der Waals surface area contributed by atoms with E-state index in [2.05, 4.69) is 19.9 Å². The third-order valence-electron chi connectivity index (χ3n) is 3.04. The fourth-order valence-electron chi connectivity index (χ4n) is 1.95. The molecule has 0 bridgehead atoms. The number of pyridine rings is 2. The molecule has 114 valence electrons. The predicted octanol–water partition coefficient (Wildman–Crippen LogP) is -0.784. The second-order valence-corrected chi connectivity index (χ2v) is 4.75. The maximum atomic E-state index is 12.1. The van der Waals surface area contributed by atoms with E-state index in [0.717, 1.165) is 0 Å². The van der Waals surface area contributed by atoms with Gasteiger partial charge in [0.2, 0.25) is 0 Å². The van der Waals surface area contributed by atoms with Crippen molar-refractivity contribution in [3.63, 3.8) is 0 Å². The van der Waals surface area contributed by atoms with Gasteiger partial charge in [-0.15, -0.1) is 0 Å². The van der Waals surface area contributed by atoms with Gasteiger partial charge in [0.25, 0.3) is 11.1 Å². The van der Waals surface area contributed by atoms with Crippen molar-refractivity contribution in [1.82, 2.24) is 19.9 Å². The van der Waals surface area contributed by atoms with Gasteiger partial charge in [-0.05, 0) is 35.9 Å². The van der Waals surface area contributed by atoms with Gasteiger partial charge in [0.05, 0.1) is 11.9 Å². The molecule has 0 amide bonds. The third-order valence-corrected chi connectivity index (χ3v) is 3.04.